The number of phenols is 1. The molecule has 3 aliphatic heterocycles. The molecule has 176 valence electrons. The van der Waals surface area contributed by atoms with Crippen LogP contribution in [0.1, 0.15) is 46.3 Å². The Morgan fingerprint density at radius 3 is 2.88 bits per heavy atom. The van der Waals surface area contributed by atoms with Crippen molar-refractivity contribution in [3.63, 3.8) is 0 Å². The van der Waals surface area contributed by atoms with Gasteiger partial charge in [0.15, 0.2) is 11.5 Å². The molecule has 5 aliphatic rings. The lowest BCUT2D eigenvalue weighted by atomic mass is 9.48. The van der Waals surface area contributed by atoms with Crippen LogP contribution in [0, 0.1) is 5.82 Å². The van der Waals surface area contributed by atoms with Gasteiger partial charge in [-0.15, -0.1) is 6.58 Å². The Balaban J connectivity index is 1.38. The number of phenolic OH excluding ortho intramolecular Hbond substituents is 1. The Labute approximate surface area is 197 Å². The van der Waals surface area contributed by atoms with Gasteiger partial charge in [0.05, 0.1) is 22.6 Å². The van der Waals surface area contributed by atoms with Gasteiger partial charge in [-0.2, -0.15) is 0 Å². The third-order valence-electron chi connectivity index (χ3n) is 9.22. The van der Waals surface area contributed by atoms with E-state index in [0.29, 0.717) is 50.1 Å². The normalized spacial score (nSPS) is 35.1. The molecule has 7 heteroatoms. The molecule has 1 saturated heterocycles. The number of halogens is 1. The lowest BCUT2D eigenvalue weighted by Crippen LogP contribution is -2.78. The summed E-state index contributed by atoms with van der Waals surface area (Å²) in [4.78, 5) is 17.4. The lowest BCUT2D eigenvalue weighted by Gasteiger charge is -2.64. The van der Waals surface area contributed by atoms with Crippen LogP contribution in [0.4, 0.5) is 4.39 Å². The number of aliphatic hydroxyl groups is 1. The molecule has 1 amide bonds. The number of ether oxygens (including phenoxy) is 1. The summed E-state index contributed by atoms with van der Waals surface area (Å²) >= 11 is 0. The van der Waals surface area contributed by atoms with Crippen LogP contribution < -0.4 is 4.74 Å². The number of hydrogen-bond donors (Lipinski definition) is 2. The van der Waals surface area contributed by atoms with Crippen molar-refractivity contribution in [2.24, 2.45) is 0 Å². The number of carbonyl (C=O) groups excluding carboxylic acids is 1. The molecular formula is C27H27FN2O4. The molecule has 2 N–H and O–H groups in total. The van der Waals surface area contributed by atoms with Crippen LogP contribution >= 0.6 is 0 Å². The zero-order valence-electron chi connectivity index (χ0n) is 18.8. The second kappa shape index (κ2) is 6.61. The number of hydrogen-bond acceptors (Lipinski definition) is 5. The Hall–Kier alpha value is -2.90. The number of carbonyl (C=O) groups is 1. The standard InChI is InChI=1S/C27H27FN2O4/c1-2-11-29-12-10-26-22-15-6-7-19(31)23(22)34-24(26)18(8-9-27(26,33)20(29)13-15)30-14-16-4-3-5-17(28)21(16)25(30)32/h2-7,18,20,24,31,33H,1,8-14H2/t18-,20-,24+,26+,27?/m1/s1. The number of nitrogens with zero attached hydrogens (tertiary/aromatic N) is 2. The quantitative estimate of drug-likeness (QED) is 0.687. The van der Waals surface area contributed by atoms with Gasteiger partial charge < -0.3 is 19.8 Å². The molecule has 1 spiro atoms. The van der Waals surface area contributed by atoms with E-state index in [-0.39, 0.29) is 29.3 Å². The van der Waals surface area contributed by atoms with E-state index in [1.165, 1.54) is 6.07 Å². The number of rotatable bonds is 3. The van der Waals surface area contributed by atoms with Gasteiger partial charge >= 0.3 is 0 Å². The van der Waals surface area contributed by atoms with Crippen molar-refractivity contribution in [3.8, 4) is 11.5 Å². The summed E-state index contributed by atoms with van der Waals surface area (Å²) in [6.07, 6.45) is 3.75. The third kappa shape index (κ3) is 2.20. The van der Waals surface area contributed by atoms with Crippen LogP contribution in [0.25, 0.3) is 0 Å². The molecule has 1 saturated carbocycles. The second-order valence-electron chi connectivity index (χ2n) is 10.4. The molecule has 0 radical (unpaired) electrons. The van der Waals surface area contributed by atoms with E-state index in [9.17, 15) is 19.4 Å². The van der Waals surface area contributed by atoms with E-state index in [4.69, 9.17) is 4.74 Å². The number of aromatic hydroxyl groups is 1. The molecule has 2 bridgehead atoms. The highest BCUT2D eigenvalue weighted by molar-refractivity contribution is 5.99. The summed E-state index contributed by atoms with van der Waals surface area (Å²) in [5, 5.41) is 23.2. The Kier molecular flexibility index (Phi) is 3.98. The van der Waals surface area contributed by atoms with Gasteiger partial charge in [-0.3, -0.25) is 9.69 Å². The highest BCUT2D eigenvalue weighted by atomic mass is 19.1. The van der Waals surface area contributed by atoms with Crippen molar-refractivity contribution in [1.29, 1.82) is 0 Å². The zero-order valence-corrected chi connectivity index (χ0v) is 18.8. The van der Waals surface area contributed by atoms with E-state index in [0.717, 1.165) is 17.7 Å². The van der Waals surface area contributed by atoms with Crippen molar-refractivity contribution >= 4 is 5.91 Å². The van der Waals surface area contributed by atoms with Crippen LogP contribution in [0.2, 0.25) is 0 Å². The number of amides is 1. The highest BCUT2D eigenvalue weighted by Crippen LogP contribution is 2.66. The molecule has 6 nitrogen and oxygen atoms in total. The van der Waals surface area contributed by atoms with Gasteiger partial charge in [0.1, 0.15) is 11.9 Å². The third-order valence-corrected chi connectivity index (χ3v) is 9.22. The molecule has 1 unspecified atom stereocenters. The van der Waals surface area contributed by atoms with Crippen molar-refractivity contribution in [2.75, 3.05) is 13.1 Å². The smallest absolute Gasteiger partial charge is 0.257 e. The number of benzene rings is 2. The van der Waals surface area contributed by atoms with E-state index in [1.54, 1.807) is 23.1 Å². The highest BCUT2D eigenvalue weighted by Gasteiger charge is 2.73. The maximum Gasteiger partial charge on any atom is 0.257 e. The first-order chi connectivity index (χ1) is 16.4. The topological polar surface area (TPSA) is 73.2 Å². The largest absolute Gasteiger partial charge is 0.504 e. The number of likely N-dealkylation sites (tertiary alicyclic amines) is 1. The maximum atomic E-state index is 14.6. The molecule has 3 heterocycles. The average Bonchev–Trinajstić information content (AvgIpc) is 3.34. The van der Waals surface area contributed by atoms with Crippen molar-refractivity contribution in [1.82, 2.24) is 9.80 Å². The van der Waals surface area contributed by atoms with E-state index in [1.807, 2.05) is 12.1 Å². The van der Waals surface area contributed by atoms with Gasteiger partial charge in [-0.1, -0.05) is 24.3 Å². The fraction of sp³-hybridized carbons (Fsp3) is 0.444. The van der Waals surface area contributed by atoms with E-state index < -0.39 is 22.9 Å². The summed E-state index contributed by atoms with van der Waals surface area (Å²) in [6.45, 7) is 5.69. The predicted octanol–water partition coefficient (Wildman–Crippen LogP) is 2.90. The second-order valence-corrected chi connectivity index (χ2v) is 10.4. The molecule has 5 atom stereocenters. The first kappa shape index (κ1) is 20.5. The maximum absolute atomic E-state index is 14.6. The number of fused-ring (bicyclic) bond motifs is 1. The molecular weight excluding hydrogens is 435 g/mol. The van der Waals surface area contributed by atoms with Gasteiger partial charge in [0.2, 0.25) is 0 Å². The van der Waals surface area contributed by atoms with Crippen molar-refractivity contribution < 1.29 is 24.1 Å². The van der Waals surface area contributed by atoms with Crippen LogP contribution in [0.5, 0.6) is 11.5 Å². The average molecular weight is 463 g/mol. The van der Waals surface area contributed by atoms with Crippen molar-refractivity contribution in [3.05, 3.63) is 71.1 Å². The van der Waals surface area contributed by atoms with Gasteiger partial charge in [-0.05, 0) is 55.5 Å². The minimum atomic E-state index is -1.05. The number of piperidine rings is 1. The first-order valence-corrected chi connectivity index (χ1v) is 12.1. The molecule has 2 aromatic carbocycles. The van der Waals surface area contributed by atoms with Crippen LogP contribution in [-0.2, 0) is 18.4 Å². The molecule has 2 aromatic rings. The van der Waals surface area contributed by atoms with Crippen LogP contribution in [0.15, 0.2) is 43.0 Å². The fourth-order valence-corrected chi connectivity index (χ4v) is 7.92. The van der Waals surface area contributed by atoms with Crippen LogP contribution in [-0.4, -0.2) is 62.8 Å². The minimum Gasteiger partial charge on any atom is -0.504 e. The summed E-state index contributed by atoms with van der Waals surface area (Å²) in [6, 6.07) is 7.94. The lowest BCUT2D eigenvalue weighted by molar-refractivity contribution is -0.196. The predicted molar refractivity (Wildman–Crippen MR) is 122 cm³/mol. The molecule has 7 rings (SSSR count). The van der Waals surface area contributed by atoms with Gasteiger partial charge in [0, 0.05) is 24.7 Å². The SMILES string of the molecule is C=CCN1CC[C@]23c4c5ccc(O)c4O[C@H]2[C@H](N2Cc4cccc(F)c4C2=O)CCC3(O)[C@H]1C5. The summed E-state index contributed by atoms with van der Waals surface area (Å²) < 4.78 is 21.1. The minimum absolute atomic E-state index is 0.0673. The molecule has 2 fully saturated rings. The summed E-state index contributed by atoms with van der Waals surface area (Å²) in [5.74, 6) is -0.307. The van der Waals surface area contributed by atoms with E-state index >= 15 is 0 Å². The van der Waals surface area contributed by atoms with Gasteiger partial charge in [0.25, 0.3) is 5.91 Å². The fourth-order valence-electron chi connectivity index (χ4n) is 7.92. The zero-order chi connectivity index (χ0) is 23.4. The summed E-state index contributed by atoms with van der Waals surface area (Å²) in [7, 11) is 0. The Morgan fingerprint density at radius 1 is 1.24 bits per heavy atom. The molecule has 34 heavy (non-hydrogen) atoms. The van der Waals surface area contributed by atoms with Gasteiger partial charge in [-0.25, -0.2) is 4.39 Å². The monoisotopic (exact) mass is 462 g/mol. The Morgan fingerprint density at radius 2 is 2.09 bits per heavy atom. The van der Waals surface area contributed by atoms with E-state index in [2.05, 4.69) is 11.5 Å². The summed E-state index contributed by atoms with van der Waals surface area (Å²) in [5.41, 5.74) is 1.04. The van der Waals surface area contributed by atoms with Crippen molar-refractivity contribution in [2.45, 2.75) is 61.4 Å². The first-order valence-electron chi connectivity index (χ1n) is 12.1. The Bertz CT molecular complexity index is 1260. The molecule has 2 aliphatic carbocycles. The molecule has 0 aromatic heterocycles. The van der Waals surface area contributed by atoms with Crippen LogP contribution in [0.3, 0.4) is 0 Å².